The van der Waals surface area contributed by atoms with Crippen molar-refractivity contribution in [2.45, 2.75) is 6.54 Å². The molecule has 3 aromatic heterocycles. The number of ether oxygens (including phenoxy) is 1. The average Bonchev–Trinajstić information content (AvgIpc) is 3.47. The van der Waals surface area contributed by atoms with Gasteiger partial charge in [-0.25, -0.2) is 14.5 Å². The molecule has 0 aliphatic carbocycles. The van der Waals surface area contributed by atoms with Crippen molar-refractivity contribution in [1.29, 1.82) is 0 Å². The number of imidazole rings is 1. The molecule has 6 rings (SSSR count). The van der Waals surface area contributed by atoms with Crippen LogP contribution in [0.15, 0.2) is 60.0 Å². The van der Waals surface area contributed by atoms with Crippen molar-refractivity contribution >= 4 is 28.7 Å². The van der Waals surface area contributed by atoms with E-state index < -0.39 is 0 Å². The van der Waals surface area contributed by atoms with Crippen molar-refractivity contribution in [2.75, 3.05) is 36.5 Å². The van der Waals surface area contributed by atoms with Crippen LogP contribution in [0.5, 0.6) is 0 Å². The molecule has 5 heterocycles. The molecule has 2 aliphatic heterocycles. The molecule has 160 valence electrons. The molecule has 0 spiro atoms. The Kier molecular flexibility index (Phi) is 4.46. The Labute approximate surface area is 184 Å². The fraction of sp³-hybridized carbons (Fsp3) is 0.217. The highest BCUT2D eigenvalue weighted by molar-refractivity contribution is 6.01. The largest absolute Gasteiger partial charge is 0.383 e. The van der Waals surface area contributed by atoms with Crippen molar-refractivity contribution in [3.8, 4) is 11.3 Å². The third kappa shape index (κ3) is 3.32. The number of benzene rings is 1. The number of hydrogen-bond donors (Lipinski definition) is 2. The number of nitrogens with two attached hydrogens (primary N) is 1. The Morgan fingerprint density at radius 1 is 1.03 bits per heavy atom. The van der Waals surface area contributed by atoms with Crippen molar-refractivity contribution in [1.82, 2.24) is 19.6 Å². The van der Waals surface area contributed by atoms with E-state index in [1.165, 1.54) is 0 Å². The molecular weight excluding hydrogens is 404 g/mol. The molecular formula is C23H22N8O. The molecule has 9 nitrogen and oxygen atoms in total. The lowest BCUT2D eigenvalue weighted by molar-refractivity contribution is 0.122. The fourth-order valence-electron chi connectivity index (χ4n) is 4.15. The molecule has 0 amide bonds. The maximum Gasteiger partial charge on any atom is 0.177 e. The number of amidine groups is 1. The van der Waals surface area contributed by atoms with Gasteiger partial charge in [-0.05, 0) is 29.8 Å². The number of nitrogens with zero attached hydrogens (tertiary/aromatic N) is 6. The molecule has 1 fully saturated rings. The van der Waals surface area contributed by atoms with E-state index in [1.807, 2.05) is 36.7 Å². The Bertz CT molecular complexity index is 1320. The minimum absolute atomic E-state index is 0.596. The van der Waals surface area contributed by atoms with Crippen molar-refractivity contribution in [3.63, 3.8) is 0 Å². The van der Waals surface area contributed by atoms with Gasteiger partial charge in [0, 0.05) is 36.6 Å². The molecule has 0 unspecified atom stereocenters. The Hall–Kier alpha value is -3.98. The van der Waals surface area contributed by atoms with Gasteiger partial charge in [-0.15, -0.1) is 0 Å². The number of aliphatic imine (C=N–C) groups is 1. The minimum Gasteiger partial charge on any atom is -0.383 e. The van der Waals surface area contributed by atoms with Crippen LogP contribution in [0.4, 0.5) is 17.2 Å². The third-order valence-corrected chi connectivity index (χ3v) is 5.84. The van der Waals surface area contributed by atoms with Crippen molar-refractivity contribution in [2.24, 2.45) is 10.7 Å². The molecule has 3 N–H and O–H groups in total. The lowest BCUT2D eigenvalue weighted by Crippen LogP contribution is -2.36. The Morgan fingerprint density at radius 2 is 1.94 bits per heavy atom. The smallest absolute Gasteiger partial charge is 0.177 e. The average molecular weight is 426 g/mol. The summed E-state index contributed by atoms with van der Waals surface area (Å²) in [5, 5.41) is 8.15. The van der Waals surface area contributed by atoms with Gasteiger partial charge in [-0.1, -0.05) is 12.1 Å². The van der Waals surface area contributed by atoms with E-state index in [0.717, 1.165) is 71.5 Å². The highest BCUT2D eigenvalue weighted by Crippen LogP contribution is 2.29. The van der Waals surface area contributed by atoms with Gasteiger partial charge in [0.1, 0.15) is 11.7 Å². The summed E-state index contributed by atoms with van der Waals surface area (Å²) >= 11 is 0. The summed E-state index contributed by atoms with van der Waals surface area (Å²) < 4.78 is 7.21. The zero-order chi connectivity index (χ0) is 21.5. The van der Waals surface area contributed by atoms with Crippen LogP contribution >= 0.6 is 0 Å². The number of fused-ring (bicyclic) bond motifs is 2. The SMILES string of the molecule is NC1=NCc2cc(-c3cc(Nc4ccc(N5CCOCC5)cn4)c4nccn4n3)ccc21. The summed E-state index contributed by atoms with van der Waals surface area (Å²) in [5.41, 5.74) is 12.6. The first kappa shape index (κ1) is 18.8. The molecule has 0 atom stereocenters. The Balaban J connectivity index is 1.31. The number of hydrogen-bond acceptors (Lipinski definition) is 8. The van der Waals surface area contributed by atoms with E-state index in [9.17, 15) is 0 Å². The summed E-state index contributed by atoms with van der Waals surface area (Å²) in [4.78, 5) is 15.7. The topological polar surface area (TPSA) is 106 Å². The second-order valence-electron chi connectivity index (χ2n) is 7.84. The van der Waals surface area contributed by atoms with E-state index in [0.29, 0.717) is 12.4 Å². The van der Waals surface area contributed by atoms with E-state index >= 15 is 0 Å². The quantitative estimate of drug-likeness (QED) is 0.517. The van der Waals surface area contributed by atoms with Crippen LogP contribution in [0.3, 0.4) is 0 Å². The summed E-state index contributed by atoms with van der Waals surface area (Å²) in [5.74, 6) is 1.35. The first-order valence-corrected chi connectivity index (χ1v) is 10.6. The van der Waals surface area contributed by atoms with Gasteiger partial charge in [0.15, 0.2) is 5.65 Å². The number of pyridine rings is 1. The lowest BCUT2D eigenvalue weighted by atomic mass is 10.0. The number of morpholine rings is 1. The first-order valence-electron chi connectivity index (χ1n) is 10.6. The minimum atomic E-state index is 0.596. The number of rotatable bonds is 4. The monoisotopic (exact) mass is 426 g/mol. The lowest BCUT2D eigenvalue weighted by Gasteiger charge is -2.28. The fourth-order valence-corrected chi connectivity index (χ4v) is 4.15. The normalized spacial score (nSPS) is 15.6. The van der Waals surface area contributed by atoms with E-state index in [4.69, 9.17) is 15.6 Å². The van der Waals surface area contributed by atoms with Crippen LogP contribution in [-0.4, -0.2) is 51.7 Å². The molecule has 1 aromatic carbocycles. The van der Waals surface area contributed by atoms with Gasteiger partial charge in [-0.3, -0.25) is 4.99 Å². The van der Waals surface area contributed by atoms with Gasteiger partial charge in [0.25, 0.3) is 0 Å². The molecule has 0 radical (unpaired) electrons. The van der Waals surface area contributed by atoms with E-state index in [-0.39, 0.29) is 0 Å². The molecule has 0 saturated carbocycles. The standard InChI is InChI=1S/C23H22N8O/c24-22-18-3-1-15(11-16(18)13-27-22)19-12-20(23-25-5-6-31(23)29-19)28-21-4-2-17(14-26-21)30-7-9-32-10-8-30/h1-6,11-12,14H,7-10,13H2,(H2,24,27)(H,26,28). The zero-order valence-corrected chi connectivity index (χ0v) is 17.4. The predicted octanol–water partition coefficient (Wildman–Crippen LogP) is 2.59. The van der Waals surface area contributed by atoms with Crippen LogP contribution in [0.1, 0.15) is 11.1 Å². The molecule has 4 aromatic rings. The van der Waals surface area contributed by atoms with E-state index in [2.05, 4.69) is 37.3 Å². The summed E-state index contributed by atoms with van der Waals surface area (Å²) in [6.45, 7) is 3.87. The Morgan fingerprint density at radius 3 is 2.78 bits per heavy atom. The summed E-state index contributed by atoms with van der Waals surface area (Å²) in [6, 6.07) is 12.2. The molecule has 32 heavy (non-hydrogen) atoms. The predicted molar refractivity (Wildman–Crippen MR) is 123 cm³/mol. The summed E-state index contributed by atoms with van der Waals surface area (Å²) in [6.07, 6.45) is 5.47. The van der Waals surface area contributed by atoms with Crippen molar-refractivity contribution in [3.05, 3.63) is 66.1 Å². The highest BCUT2D eigenvalue weighted by Gasteiger charge is 2.16. The number of aromatic nitrogens is 4. The van der Waals surface area contributed by atoms with Crippen LogP contribution < -0.4 is 16.0 Å². The second-order valence-corrected chi connectivity index (χ2v) is 7.84. The van der Waals surface area contributed by atoms with Crippen molar-refractivity contribution < 1.29 is 4.74 Å². The van der Waals surface area contributed by atoms with Crippen LogP contribution in [0.2, 0.25) is 0 Å². The maximum absolute atomic E-state index is 5.96. The maximum atomic E-state index is 5.96. The first-order chi connectivity index (χ1) is 15.7. The van der Waals surface area contributed by atoms with Gasteiger partial charge in [-0.2, -0.15) is 5.10 Å². The highest BCUT2D eigenvalue weighted by atomic mass is 16.5. The second kappa shape index (κ2) is 7.61. The summed E-state index contributed by atoms with van der Waals surface area (Å²) in [7, 11) is 0. The number of anilines is 3. The van der Waals surface area contributed by atoms with Gasteiger partial charge in [0.2, 0.25) is 0 Å². The molecule has 9 heteroatoms. The van der Waals surface area contributed by atoms with E-state index in [1.54, 1.807) is 10.7 Å². The number of nitrogens with one attached hydrogen (secondary N) is 1. The van der Waals surface area contributed by atoms with Crippen LogP contribution in [0, 0.1) is 0 Å². The zero-order valence-electron chi connectivity index (χ0n) is 17.4. The molecule has 0 bridgehead atoms. The van der Waals surface area contributed by atoms with Gasteiger partial charge < -0.3 is 20.7 Å². The van der Waals surface area contributed by atoms with Gasteiger partial charge >= 0.3 is 0 Å². The van der Waals surface area contributed by atoms with Crippen LogP contribution in [0.25, 0.3) is 16.9 Å². The molecule has 2 aliphatic rings. The third-order valence-electron chi connectivity index (χ3n) is 5.84. The van der Waals surface area contributed by atoms with Gasteiger partial charge in [0.05, 0.1) is 43.0 Å². The van der Waals surface area contributed by atoms with Crippen LogP contribution in [-0.2, 0) is 11.3 Å². The molecule has 1 saturated heterocycles.